The number of aliphatic hydroxyl groups excluding tert-OH is 2. The van der Waals surface area contributed by atoms with Gasteiger partial charge in [-0.15, -0.1) is 35.9 Å². The SMILES string of the molecule is CC(C)Cc1ccc2cc(-c3[c-]cccc3)ncc2c1.OC1CCC2CCC(O)C12.[Ir]. The van der Waals surface area contributed by atoms with Gasteiger partial charge in [-0.05, 0) is 72.0 Å². The van der Waals surface area contributed by atoms with E-state index >= 15 is 0 Å². The van der Waals surface area contributed by atoms with Crippen molar-refractivity contribution in [3.8, 4) is 11.3 Å². The maximum Gasteiger partial charge on any atom is 0.0595 e. The number of hydrogen-bond donors (Lipinski definition) is 2. The summed E-state index contributed by atoms with van der Waals surface area (Å²) in [5.41, 5.74) is 3.41. The Labute approximate surface area is 199 Å². The van der Waals surface area contributed by atoms with Gasteiger partial charge in [0.05, 0.1) is 12.2 Å². The predicted octanol–water partition coefficient (Wildman–Crippen LogP) is 5.43. The van der Waals surface area contributed by atoms with Crippen LogP contribution in [0.3, 0.4) is 0 Å². The Balaban J connectivity index is 0.000000208. The maximum atomic E-state index is 9.41. The number of aliphatic hydroxyl groups is 2. The fraction of sp³-hybridized carbons (Fsp3) is 0.444. The topological polar surface area (TPSA) is 53.4 Å². The molecule has 4 heteroatoms. The first-order valence-electron chi connectivity index (χ1n) is 11.2. The minimum Gasteiger partial charge on any atom is -0.393 e. The molecule has 2 aromatic carbocycles. The van der Waals surface area contributed by atoms with E-state index in [1.165, 1.54) is 16.3 Å². The fourth-order valence-corrected chi connectivity index (χ4v) is 5.06. The molecule has 3 nitrogen and oxygen atoms in total. The molecular formula is C27H32IrNO2-. The van der Waals surface area contributed by atoms with Crippen molar-refractivity contribution < 1.29 is 30.3 Å². The van der Waals surface area contributed by atoms with Crippen molar-refractivity contribution in [3.63, 3.8) is 0 Å². The Morgan fingerprint density at radius 1 is 0.968 bits per heavy atom. The van der Waals surface area contributed by atoms with Crippen LogP contribution in [0, 0.1) is 23.8 Å². The molecule has 2 saturated carbocycles. The van der Waals surface area contributed by atoms with Crippen molar-refractivity contribution in [3.05, 3.63) is 66.4 Å². The fourth-order valence-electron chi connectivity index (χ4n) is 5.06. The summed E-state index contributed by atoms with van der Waals surface area (Å²) in [6.45, 7) is 4.49. The van der Waals surface area contributed by atoms with E-state index in [1.54, 1.807) is 0 Å². The van der Waals surface area contributed by atoms with Crippen LogP contribution in [0.5, 0.6) is 0 Å². The van der Waals surface area contributed by atoms with Crippen molar-refractivity contribution in [1.29, 1.82) is 0 Å². The van der Waals surface area contributed by atoms with Gasteiger partial charge in [-0.1, -0.05) is 32.0 Å². The third kappa shape index (κ3) is 5.81. The third-order valence-corrected chi connectivity index (χ3v) is 6.51. The Morgan fingerprint density at radius 2 is 1.71 bits per heavy atom. The Morgan fingerprint density at radius 3 is 2.32 bits per heavy atom. The molecule has 0 saturated heterocycles. The van der Waals surface area contributed by atoms with Crippen molar-refractivity contribution in [2.45, 2.75) is 58.2 Å². The van der Waals surface area contributed by atoms with Gasteiger partial charge in [-0.25, -0.2) is 0 Å². The second kappa shape index (κ2) is 10.8. The van der Waals surface area contributed by atoms with Crippen LogP contribution in [0.4, 0.5) is 0 Å². The first-order valence-corrected chi connectivity index (χ1v) is 11.2. The molecule has 0 spiro atoms. The largest absolute Gasteiger partial charge is 0.393 e. The number of benzene rings is 2. The summed E-state index contributed by atoms with van der Waals surface area (Å²) in [6.07, 6.45) is 6.74. The molecular weight excluding hydrogens is 563 g/mol. The number of pyridine rings is 1. The molecule has 1 heterocycles. The second-order valence-corrected chi connectivity index (χ2v) is 9.25. The van der Waals surface area contributed by atoms with Gasteiger partial charge in [0.15, 0.2) is 0 Å². The quantitative estimate of drug-likeness (QED) is 0.398. The molecule has 2 N–H and O–H groups in total. The normalized spacial score (nSPS) is 24.4. The number of aromatic nitrogens is 1. The molecule has 2 aliphatic carbocycles. The van der Waals surface area contributed by atoms with Gasteiger partial charge in [0.2, 0.25) is 0 Å². The summed E-state index contributed by atoms with van der Waals surface area (Å²) in [4.78, 5) is 4.57. The zero-order chi connectivity index (χ0) is 21.1. The molecule has 1 radical (unpaired) electrons. The molecule has 0 aliphatic heterocycles. The van der Waals surface area contributed by atoms with Gasteiger partial charge in [-0.3, -0.25) is 0 Å². The van der Waals surface area contributed by atoms with Crippen molar-refractivity contribution in [2.24, 2.45) is 17.8 Å². The van der Waals surface area contributed by atoms with Gasteiger partial charge >= 0.3 is 0 Å². The van der Waals surface area contributed by atoms with Crippen LogP contribution >= 0.6 is 0 Å². The Bertz CT molecular complexity index is 961. The van der Waals surface area contributed by atoms with Gasteiger partial charge < -0.3 is 15.2 Å². The number of fused-ring (bicyclic) bond motifs is 2. The van der Waals surface area contributed by atoms with E-state index in [9.17, 15) is 10.2 Å². The summed E-state index contributed by atoms with van der Waals surface area (Å²) < 4.78 is 0. The predicted molar refractivity (Wildman–Crippen MR) is 122 cm³/mol. The number of nitrogens with zero attached hydrogens (tertiary/aromatic N) is 1. The van der Waals surface area contributed by atoms with Crippen molar-refractivity contribution >= 4 is 10.8 Å². The van der Waals surface area contributed by atoms with E-state index < -0.39 is 0 Å². The molecule has 167 valence electrons. The van der Waals surface area contributed by atoms with E-state index in [-0.39, 0.29) is 38.2 Å². The summed E-state index contributed by atoms with van der Waals surface area (Å²) >= 11 is 0. The van der Waals surface area contributed by atoms with E-state index in [0.29, 0.717) is 11.8 Å². The molecule has 0 amide bonds. The van der Waals surface area contributed by atoms with Crippen LogP contribution in [0.2, 0.25) is 0 Å². The molecule has 2 atom stereocenters. The Kier molecular flexibility index (Phi) is 8.41. The van der Waals surface area contributed by atoms with Gasteiger partial charge in [0, 0.05) is 32.2 Å². The van der Waals surface area contributed by atoms with Crippen LogP contribution in [0.15, 0.2) is 54.7 Å². The standard InChI is InChI=1S/C19H18N.C8H14O2.Ir/c1-14(2)10-15-8-9-17-12-19(20-13-18(17)11-15)16-6-4-3-5-7-16;9-6-3-1-5-2-4-7(10)8(5)6;/h3-6,8-9,11-14H,10H2,1-2H3;5-10H,1-4H2;/q-1;;. The molecule has 5 rings (SSSR count). The molecule has 1 aromatic heterocycles. The molecule has 2 aliphatic rings. The third-order valence-electron chi connectivity index (χ3n) is 6.51. The summed E-state index contributed by atoms with van der Waals surface area (Å²) in [7, 11) is 0. The molecule has 2 unspecified atom stereocenters. The molecule has 31 heavy (non-hydrogen) atoms. The monoisotopic (exact) mass is 595 g/mol. The van der Waals surface area contributed by atoms with Crippen LogP contribution in [0.25, 0.3) is 22.0 Å². The van der Waals surface area contributed by atoms with E-state index in [4.69, 9.17) is 0 Å². The summed E-state index contributed by atoms with van der Waals surface area (Å²) in [5.74, 6) is 1.53. The van der Waals surface area contributed by atoms with Crippen molar-refractivity contribution in [2.75, 3.05) is 0 Å². The smallest absolute Gasteiger partial charge is 0.0595 e. The van der Waals surface area contributed by atoms with E-state index in [2.05, 4.69) is 49.2 Å². The van der Waals surface area contributed by atoms with Crippen LogP contribution in [0.1, 0.15) is 45.1 Å². The maximum absolute atomic E-state index is 9.41. The first-order chi connectivity index (χ1) is 14.5. The van der Waals surface area contributed by atoms with Gasteiger partial charge in [0.25, 0.3) is 0 Å². The summed E-state index contributed by atoms with van der Waals surface area (Å²) in [6, 6.07) is 20.0. The Hall–Kier alpha value is -1.58. The molecule has 3 aromatic rings. The second-order valence-electron chi connectivity index (χ2n) is 9.25. The minimum absolute atomic E-state index is 0. The minimum atomic E-state index is -0.206. The van der Waals surface area contributed by atoms with Gasteiger partial charge in [0.1, 0.15) is 0 Å². The van der Waals surface area contributed by atoms with Crippen LogP contribution in [-0.4, -0.2) is 27.4 Å². The summed E-state index contributed by atoms with van der Waals surface area (Å²) in [5, 5.41) is 21.3. The van der Waals surface area contributed by atoms with Gasteiger partial charge in [-0.2, -0.15) is 0 Å². The van der Waals surface area contributed by atoms with Crippen LogP contribution < -0.4 is 0 Å². The zero-order valence-electron chi connectivity index (χ0n) is 18.3. The van der Waals surface area contributed by atoms with Crippen LogP contribution in [-0.2, 0) is 26.5 Å². The zero-order valence-corrected chi connectivity index (χ0v) is 20.7. The first kappa shape index (κ1) is 24.1. The molecule has 0 bridgehead atoms. The van der Waals surface area contributed by atoms with E-state index in [0.717, 1.165) is 43.4 Å². The average molecular weight is 595 g/mol. The number of hydrogen-bond acceptors (Lipinski definition) is 3. The number of rotatable bonds is 3. The average Bonchev–Trinajstić information content (AvgIpc) is 3.31. The van der Waals surface area contributed by atoms with Crippen molar-refractivity contribution in [1.82, 2.24) is 4.98 Å². The van der Waals surface area contributed by atoms with E-state index in [1.807, 2.05) is 30.5 Å². The molecule has 2 fully saturated rings.